The van der Waals surface area contributed by atoms with Crippen LogP contribution in [0.15, 0.2) is 60.7 Å². The number of hydrogen-bond donors (Lipinski definition) is 0. The molecule has 0 atom stereocenters. The van der Waals surface area contributed by atoms with E-state index in [1.807, 2.05) is 35.2 Å². The number of carbonyl (C=O) groups excluding carboxylic acids is 1. The van der Waals surface area contributed by atoms with Gasteiger partial charge in [0.05, 0.1) is 12.1 Å². The van der Waals surface area contributed by atoms with Gasteiger partial charge in [0.2, 0.25) is 0 Å². The molecule has 2 aliphatic heterocycles. The Labute approximate surface area is 149 Å². The molecule has 25 heavy (non-hydrogen) atoms. The van der Waals surface area contributed by atoms with Gasteiger partial charge in [0.15, 0.2) is 0 Å². The number of nitrogens with zero attached hydrogens (tertiary/aromatic N) is 2. The maximum absolute atomic E-state index is 12.6. The van der Waals surface area contributed by atoms with E-state index in [0.29, 0.717) is 6.61 Å². The number of likely N-dealkylation sites (tertiary alicyclic amines) is 1. The predicted octanol–water partition coefficient (Wildman–Crippen LogP) is 3.08. The fourth-order valence-electron chi connectivity index (χ4n) is 4.05. The first-order chi connectivity index (χ1) is 12.3. The van der Waals surface area contributed by atoms with Crippen LogP contribution in [0.2, 0.25) is 0 Å². The highest BCUT2D eigenvalue weighted by Crippen LogP contribution is 2.36. The van der Waals surface area contributed by atoms with Gasteiger partial charge in [-0.15, -0.1) is 0 Å². The molecule has 0 aliphatic carbocycles. The number of ether oxygens (including phenoxy) is 1. The number of piperidine rings is 1. The third-order valence-electron chi connectivity index (χ3n) is 5.37. The zero-order chi connectivity index (χ0) is 17.1. The molecule has 130 valence electrons. The van der Waals surface area contributed by atoms with Gasteiger partial charge in [-0.3, -0.25) is 9.69 Å². The first kappa shape index (κ1) is 16.3. The summed E-state index contributed by atoms with van der Waals surface area (Å²) in [5.41, 5.74) is 2.13. The number of benzene rings is 2. The van der Waals surface area contributed by atoms with Crippen molar-refractivity contribution in [1.29, 1.82) is 0 Å². The molecule has 2 saturated heterocycles. The Bertz CT molecular complexity index is 709. The van der Waals surface area contributed by atoms with Crippen LogP contribution in [0.4, 0.5) is 5.69 Å². The quantitative estimate of drug-likeness (QED) is 0.863. The van der Waals surface area contributed by atoms with Crippen molar-refractivity contribution in [2.45, 2.75) is 24.9 Å². The lowest BCUT2D eigenvalue weighted by atomic mass is 9.84. The van der Waals surface area contributed by atoms with E-state index in [2.05, 4.69) is 35.2 Å². The topological polar surface area (TPSA) is 32.8 Å². The van der Waals surface area contributed by atoms with E-state index >= 15 is 0 Å². The van der Waals surface area contributed by atoms with E-state index in [4.69, 9.17) is 4.74 Å². The fraction of sp³-hybridized carbons (Fsp3) is 0.381. The standard InChI is InChI=1S/C21H24N2O2/c24-20-16-25-17-21(23(20)19-9-5-2-6-10-19)11-13-22(14-12-21)15-18-7-3-1-4-8-18/h1-10H,11-17H2. The number of para-hydroxylation sites is 1. The first-order valence-corrected chi connectivity index (χ1v) is 8.99. The van der Waals surface area contributed by atoms with Crippen molar-refractivity contribution in [2.75, 3.05) is 31.2 Å². The van der Waals surface area contributed by atoms with Crippen LogP contribution in [-0.2, 0) is 16.1 Å². The zero-order valence-corrected chi connectivity index (χ0v) is 14.4. The van der Waals surface area contributed by atoms with Gasteiger partial charge in [0.1, 0.15) is 6.61 Å². The Hall–Kier alpha value is -2.17. The van der Waals surface area contributed by atoms with Crippen LogP contribution in [-0.4, -0.2) is 42.6 Å². The van der Waals surface area contributed by atoms with Crippen LogP contribution in [0.1, 0.15) is 18.4 Å². The molecule has 1 amide bonds. The van der Waals surface area contributed by atoms with Gasteiger partial charge >= 0.3 is 0 Å². The monoisotopic (exact) mass is 336 g/mol. The van der Waals surface area contributed by atoms with Crippen LogP contribution >= 0.6 is 0 Å². The maximum Gasteiger partial charge on any atom is 0.253 e. The summed E-state index contributed by atoms with van der Waals surface area (Å²) in [5, 5.41) is 0. The van der Waals surface area contributed by atoms with Crippen LogP contribution in [0.25, 0.3) is 0 Å². The van der Waals surface area contributed by atoms with Gasteiger partial charge in [-0.1, -0.05) is 48.5 Å². The second kappa shape index (κ2) is 6.98. The van der Waals surface area contributed by atoms with E-state index in [1.54, 1.807) is 0 Å². The van der Waals surface area contributed by atoms with E-state index in [-0.39, 0.29) is 18.1 Å². The third kappa shape index (κ3) is 3.32. The molecule has 0 unspecified atom stereocenters. The number of hydrogen-bond acceptors (Lipinski definition) is 3. The molecule has 0 aromatic heterocycles. The Morgan fingerprint density at radius 3 is 2.24 bits per heavy atom. The summed E-state index contributed by atoms with van der Waals surface area (Å²) in [6.07, 6.45) is 1.89. The van der Waals surface area contributed by atoms with E-state index < -0.39 is 0 Å². The molecule has 2 aliphatic rings. The van der Waals surface area contributed by atoms with Gasteiger partial charge in [-0.05, 0) is 30.5 Å². The molecular formula is C21H24N2O2. The van der Waals surface area contributed by atoms with Crippen molar-refractivity contribution in [3.63, 3.8) is 0 Å². The number of carbonyl (C=O) groups is 1. The van der Waals surface area contributed by atoms with Crippen LogP contribution in [0, 0.1) is 0 Å². The minimum absolute atomic E-state index is 0.0777. The molecule has 0 radical (unpaired) electrons. The van der Waals surface area contributed by atoms with Crippen molar-refractivity contribution < 1.29 is 9.53 Å². The summed E-state index contributed by atoms with van der Waals surface area (Å²) in [5.74, 6) is 0.0777. The van der Waals surface area contributed by atoms with Gasteiger partial charge in [-0.2, -0.15) is 0 Å². The molecule has 1 spiro atoms. The zero-order valence-electron chi connectivity index (χ0n) is 14.4. The number of rotatable bonds is 3. The van der Waals surface area contributed by atoms with Gasteiger partial charge in [-0.25, -0.2) is 0 Å². The van der Waals surface area contributed by atoms with Gasteiger partial charge in [0.25, 0.3) is 5.91 Å². The largest absolute Gasteiger partial charge is 0.369 e. The lowest BCUT2D eigenvalue weighted by Gasteiger charge is -2.50. The fourth-order valence-corrected chi connectivity index (χ4v) is 4.05. The third-order valence-corrected chi connectivity index (χ3v) is 5.37. The summed E-state index contributed by atoms with van der Waals surface area (Å²) >= 11 is 0. The normalized spacial score (nSPS) is 20.8. The van der Waals surface area contributed by atoms with Crippen molar-refractivity contribution in [1.82, 2.24) is 4.90 Å². The van der Waals surface area contributed by atoms with E-state index in [9.17, 15) is 4.79 Å². The molecule has 4 rings (SSSR count). The number of amides is 1. The Morgan fingerprint density at radius 1 is 0.920 bits per heavy atom. The van der Waals surface area contributed by atoms with Gasteiger partial charge in [0, 0.05) is 25.3 Å². The molecule has 2 aromatic carbocycles. The first-order valence-electron chi connectivity index (χ1n) is 8.99. The predicted molar refractivity (Wildman–Crippen MR) is 98.4 cm³/mol. The van der Waals surface area contributed by atoms with E-state index in [0.717, 1.165) is 38.2 Å². The van der Waals surface area contributed by atoms with Crippen molar-refractivity contribution in [2.24, 2.45) is 0 Å². The highest BCUT2D eigenvalue weighted by molar-refractivity contribution is 5.96. The highest BCUT2D eigenvalue weighted by Gasteiger charge is 2.46. The molecule has 0 N–H and O–H groups in total. The lowest BCUT2D eigenvalue weighted by molar-refractivity contribution is -0.131. The van der Waals surface area contributed by atoms with Crippen molar-refractivity contribution in [3.8, 4) is 0 Å². The number of morpholine rings is 1. The summed E-state index contributed by atoms with van der Waals surface area (Å²) in [7, 11) is 0. The summed E-state index contributed by atoms with van der Waals surface area (Å²) < 4.78 is 5.67. The molecule has 2 fully saturated rings. The smallest absolute Gasteiger partial charge is 0.253 e. The highest BCUT2D eigenvalue weighted by atomic mass is 16.5. The maximum atomic E-state index is 12.6. The van der Waals surface area contributed by atoms with E-state index in [1.165, 1.54) is 5.56 Å². The second-order valence-electron chi connectivity index (χ2n) is 7.04. The summed E-state index contributed by atoms with van der Waals surface area (Å²) in [6.45, 7) is 3.75. The minimum atomic E-state index is -0.204. The molecule has 0 saturated carbocycles. The molecule has 0 bridgehead atoms. The Morgan fingerprint density at radius 2 is 1.56 bits per heavy atom. The average molecular weight is 336 g/mol. The molecule has 4 heteroatoms. The Kier molecular flexibility index (Phi) is 4.55. The van der Waals surface area contributed by atoms with Crippen LogP contribution in [0.3, 0.4) is 0 Å². The molecule has 4 nitrogen and oxygen atoms in total. The average Bonchev–Trinajstić information content (AvgIpc) is 2.66. The lowest BCUT2D eigenvalue weighted by Crippen LogP contribution is -2.64. The van der Waals surface area contributed by atoms with Gasteiger partial charge < -0.3 is 9.64 Å². The second-order valence-corrected chi connectivity index (χ2v) is 7.04. The molecule has 2 heterocycles. The summed E-state index contributed by atoms with van der Waals surface area (Å²) in [6, 6.07) is 20.6. The van der Waals surface area contributed by atoms with Crippen LogP contribution < -0.4 is 4.90 Å². The summed E-state index contributed by atoms with van der Waals surface area (Å²) in [4.78, 5) is 17.1. The molecular weight excluding hydrogens is 312 g/mol. The van der Waals surface area contributed by atoms with Crippen molar-refractivity contribution >= 4 is 11.6 Å². The SMILES string of the molecule is O=C1COCC2(CCN(Cc3ccccc3)CC2)N1c1ccccc1. The molecule has 2 aromatic rings. The minimum Gasteiger partial charge on any atom is -0.369 e. The number of anilines is 1. The van der Waals surface area contributed by atoms with Crippen LogP contribution in [0.5, 0.6) is 0 Å². The van der Waals surface area contributed by atoms with Crippen molar-refractivity contribution in [3.05, 3.63) is 66.2 Å². The Balaban J connectivity index is 1.50.